The molecule has 3 rings (SSSR count). The van der Waals surface area contributed by atoms with Gasteiger partial charge in [-0.25, -0.2) is 14.6 Å². The lowest BCUT2D eigenvalue weighted by atomic mass is 10.0. The summed E-state index contributed by atoms with van der Waals surface area (Å²) in [7, 11) is 4.00. The van der Waals surface area contributed by atoms with Crippen molar-refractivity contribution in [2.24, 2.45) is 4.99 Å². The fourth-order valence-electron chi connectivity index (χ4n) is 2.87. The number of hydrogen-bond donors (Lipinski definition) is 2. The summed E-state index contributed by atoms with van der Waals surface area (Å²) in [5.74, 6) is -1.93. The zero-order valence-electron chi connectivity index (χ0n) is 16.8. The van der Waals surface area contributed by atoms with Crippen LogP contribution in [0.25, 0.3) is 6.08 Å². The molecule has 0 spiro atoms. The van der Waals surface area contributed by atoms with Gasteiger partial charge in [0.1, 0.15) is 5.56 Å². The van der Waals surface area contributed by atoms with E-state index in [1.165, 1.54) is 33.5 Å². The highest BCUT2D eigenvalue weighted by Crippen LogP contribution is 2.36. The third-order valence-corrected chi connectivity index (χ3v) is 5.17. The van der Waals surface area contributed by atoms with Gasteiger partial charge in [-0.3, -0.25) is 4.79 Å². The molecule has 10 heteroatoms. The lowest BCUT2D eigenvalue weighted by Crippen LogP contribution is -2.19. The summed E-state index contributed by atoms with van der Waals surface area (Å²) in [5, 5.41) is 12.5. The first kappa shape index (κ1) is 21.9. The summed E-state index contributed by atoms with van der Waals surface area (Å²) < 4.78 is 15.1. The van der Waals surface area contributed by atoms with Crippen LogP contribution in [-0.4, -0.2) is 49.4 Å². The second-order valence-corrected chi connectivity index (χ2v) is 7.09. The van der Waals surface area contributed by atoms with Gasteiger partial charge in [-0.2, -0.15) is 0 Å². The highest BCUT2D eigenvalue weighted by Gasteiger charge is 2.27. The number of carboxylic acid groups (broad SMARTS) is 1. The molecule has 1 aliphatic heterocycles. The van der Waals surface area contributed by atoms with E-state index in [0.717, 1.165) is 11.8 Å². The molecule has 1 saturated heterocycles. The van der Waals surface area contributed by atoms with E-state index in [1.54, 1.807) is 30.3 Å². The number of ether oxygens (including phenoxy) is 3. The van der Waals surface area contributed by atoms with Crippen LogP contribution in [0.2, 0.25) is 0 Å². The minimum atomic E-state index is -1.23. The summed E-state index contributed by atoms with van der Waals surface area (Å²) in [6, 6.07) is 9.62. The molecule has 2 aromatic carbocycles. The van der Waals surface area contributed by atoms with Crippen molar-refractivity contribution in [1.29, 1.82) is 0 Å². The van der Waals surface area contributed by atoms with Gasteiger partial charge in [0.05, 0.1) is 37.5 Å². The number of thioether (sulfide) groups is 1. The van der Waals surface area contributed by atoms with Crippen LogP contribution in [0.4, 0.5) is 5.69 Å². The number of para-hydroxylation sites is 1. The van der Waals surface area contributed by atoms with Crippen LogP contribution in [-0.2, 0) is 9.53 Å². The SMILES string of the molecule is COC(=O)c1ccccc1N=C1NC(=O)/C(=C\c2ccc(OC)c(OC)c2C(=O)O)S1. The lowest BCUT2D eigenvalue weighted by Gasteiger charge is -2.12. The number of aromatic carboxylic acids is 1. The van der Waals surface area contributed by atoms with Crippen LogP contribution in [0, 0.1) is 0 Å². The van der Waals surface area contributed by atoms with E-state index < -0.39 is 17.8 Å². The molecule has 2 aromatic rings. The number of rotatable bonds is 6. The molecule has 0 saturated carbocycles. The number of nitrogens with one attached hydrogen (secondary N) is 1. The zero-order chi connectivity index (χ0) is 22.5. The average Bonchev–Trinajstić information content (AvgIpc) is 3.11. The summed E-state index contributed by atoms with van der Waals surface area (Å²) in [5.41, 5.74) is 0.705. The maximum absolute atomic E-state index is 12.4. The Bertz CT molecular complexity index is 1120. The Hall–Kier alpha value is -3.79. The van der Waals surface area contributed by atoms with E-state index in [-0.39, 0.29) is 38.3 Å². The number of esters is 1. The van der Waals surface area contributed by atoms with Crippen molar-refractivity contribution in [3.05, 3.63) is 58.0 Å². The summed E-state index contributed by atoms with van der Waals surface area (Å²) in [6.07, 6.45) is 1.43. The molecule has 1 amide bonds. The summed E-state index contributed by atoms with van der Waals surface area (Å²) in [4.78, 5) is 40.7. The minimum absolute atomic E-state index is 0.0497. The van der Waals surface area contributed by atoms with Crippen LogP contribution in [0.15, 0.2) is 46.3 Å². The molecule has 160 valence electrons. The number of nitrogens with zero attached hydrogens (tertiary/aromatic N) is 1. The van der Waals surface area contributed by atoms with Crippen molar-refractivity contribution < 1.29 is 33.7 Å². The number of amidine groups is 1. The first-order chi connectivity index (χ1) is 14.9. The van der Waals surface area contributed by atoms with E-state index in [0.29, 0.717) is 5.69 Å². The maximum atomic E-state index is 12.4. The molecule has 0 aliphatic carbocycles. The van der Waals surface area contributed by atoms with E-state index in [2.05, 4.69) is 10.3 Å². The van der Waals surface area contributed by atoms with E-state index in [9.17, 15) is 19.5 Å². The second-order valence-electron chi connectivity index (χ2n) is 6.06. The summed E-state index contributed by atoms with van der Waals surface area (Å²) >= 11 is 1.01. The molecule has 2 N–H and O–H groups in total. The second kappa shape index (κ2) is 9.35. The first-order valence-electron chi connectivity index (χ1n) is 8.84. The van der Waals surface area contributed by atoms with Gasteiger partial charge in [0.25, 0.3) is 5.91 Å². The van der Waals surface area contributed by atoms with Gasteiger partial charge in [0, 0.05) is 0 Å². The Kier molecular flexibility index (Phi) is 6.61. The minimum Gasteiger partial charge on any atom is -0.493 e. The fourth-order valence-corrected chi connectivity index (χ4v) is 3.69. The van der Waals surface area contributed by atoms with Crippen molar-refractivity contribution in [1.82, 2.24) is 5.32 Å². The predicted molar refractivity (Wildman–Crippen MR) is 115 cm³/mol. The Morgan fingerprint density at radius 1 is 1.10 bits per heavy atom. The number of amides is 1. The molecule has 9 nitrogen and oxygen atoms in total. The van der Waals surface area contributed by atoms with E-state index >= 15 is 0 Å². The van der Waals surface area contributed by atoms with E-state index in [4.69, 9.17) is 14.2 Å². The lowest BCUT2D eigenvalue weighted by molar-refractivity contribution is -0.115. The molecule has 1 heterocycles. The Morgan fingerprint density at radius 2 is 1.84 bits per heavy atom. The predicted octanol–water partition coefficient (Wildman–Crippen LogP) is 3.08. The molecule has 1 aliphatic rings. The van der Waals surface area contributed by atoms with Crippen LogP contribution < -0.4 is 14.8 Å². The molecule has 0 atom stereocenters. The molecule has 0 unspecified atom stereocenters. The van der Waals surface area contributed by atoms with Gasteiger partial charge in [0.2, 0.25) is 0 Å². The van der Waals surface area contributed by atoms with Crippen molar-refractivity contribution in [3.8, 4) is 11.5 Å². The van der Waals surface area contributed by atoms with Crippen molar-refractivity contribution in [3.63, 3.8) is 0 Å². The van der Waals surface area contributed by atoms with E-state index in [1.807, 2.05) is 0 Å². The maximum Gasteiger partial charge on any atom is 0.340 e. The largest absolute Gasteiger partial charge is 0.493 e. The van der Waals surface area contributed by atoms with Gasteiger partial charge >= 0.3 is 11.9 Å². The van der Waals surface area contributed by atoms with Crippen LogP contribution in [0.3, 0.4) is 0 Å². The van der Waals surface area contributed by atoms with Crippen LogP contribution >= 0.6 is 11.8 Å². The molecule has 31 heavy (non-hydrogen) atoms. The van der Waals surface area contributed by atoms with Crippen molar-refractivity contribution in [2.45, 2.75) is 0 Å². The standard InChI is InChI=1S/C21H18N2O7S/c1-28-14-9-8-11(16(19(25)26)17(14)29-2)10-15-18(24)23-21(31-15)22-13-7-5-4-6-12(13)20(27)30-3/h4-10H,1-3H3,(H,25,26)(H,22,23,24)/b15-10+. The van der Waals surface area contributed by atoms with Gasteiger partial charge < -0.3 is 24.6 Å². The quantitative estimate of drug-likeness (QED) is 0.517. The van der Waals surface area contributed by atoms with Crippen LogP contribution in [0.5, 0.6) is 11.5 Å². The number of methoxy groups -OCH3 is 3. The number of carbonyl (C=O) groups excluding carboxylic acids is 2. The molecular weight excluding hydrogens is 424 g/mol. The fraction of sp³-hybridized carbons (Fsp3) is 0.143. The van der Waals surface area contributed by atoms with Gasteiger partial charge in [-0.1, -0.05) is 18.2 Å². The topological polar surface area (TPSA) is 124 Å². The number of benzene rings is 2. The Labute approximate surface area is 181 Å². The first-order valence-corrected chi connectivity index (χ1v) is 9.66. The normalized spacial score (nSPS) is 15.6. The average molecular weight is 442 g/mol. The molecular formula is C21H18N2O7S. The Balaban J connectivity index is 1.99. The monoisotopic (exact) mass is 442 g/mol. The third-order valence-electron chi connectivity index (χ3n) is 4.26. The number of aliphatic imine (C=N–C) groups is 1. The Morgan fingerprint density at radius 3 is 2.48 bits per heavy atom. The molecule has 0 aromatic heterocycles. The molecule has 0 bridgehead atoms. The van der Waals surface area contributed by atoms with Gasteiger partial charge in [0.15, 0.2) is 16.7 Å². The molecule has 0 radical (unpaired) electrons. The summed E-state index contributed by atoms with van der Waals surface area (Å²) in [6.45, 7) is 0. The zero-order valence-corrected chi connectivity index (χ0v) is 17.6. The van der Waals surface area contributed by atoms with Gasteiger partial charge in [-0.15, -0.1) is 0 Å². The number of carboxylic acids is 1. The molecule has 1 fully saturated rings. The van der Waals surface area contributed by atoms with Crippen molar-refractivity contribution in [2.75, 3.05) is 21.3 Å². The number of hydrogen-bond acceptors (Lipinski definition) is 8. The van der Waals surface area contributed by atoms with Crippen molar-refractivity contribution >= 4 is 46.5 Å². The highest BCUT2D eigenvalue weighted by molar-refractivity contribution is 8.18. The number of carbonyl (C=O) groups is 3. The highest BCUT2D eigenvalue weighted by atomic mass is 32.2. The smallest absolute Gasteiger partial charge is 0.340 e. The third kappa shape index (κ3) is 4.53. The van der Waals surface area contributed by atoms with Gasteiger partial charge in [-0.05, 0) is 41.6 Å². The van der Waals surface area contributed by atoms with Crippen LogP contribution in [0.1, 0.15) is 26.3 Å².